The number of nitro groups is 1. The second-order valence-electron chi connectivity index (χ2n) is 4.44. The van der Waals surface area contributed by atoms with Crippen molar-refractivity contribution in [3.63, 3.8) is 0 Å². The second-order valence-corrected chi connectivity index (χ2v) is 4.44. The minimum absolute atomic E-state index is 0.0875. The van der Waals surface area contributed by atoms with Crippen LogP contribution in [0.1, 0.15) is 12.5 Å². The predicted octanol–water partition coefficient (Wildman–Crippen LogP) is 1.43. The van der Waals surface area contributed by atoms with Crippen molar-refractivity contribution in [2.75, 3.05) is 20.3 Å². The van der Waals surface area contributed by atoms with Crippen molar-refractivity contribution in [1.82, 2.24) is 5.32 Å². The van der Waals surface area contributed by atoms with E-state index in [-0.39, 0.29) is 30.0 Å². The second kappa shape index (κ2) is 7.44. The van der Waals surface area contributed by atoms with Gasteiger partial charge in [-0.1, -0.05) is 6.07 Å². The Balaban J connectivity index is 2.63. The van der Waals surface area contributed by atoms with Crippen LogP contribution >= 0.6 is 0 Å². The third-order valence-electron chi connectivity index (χ3n) is 2.49. The van der Waals surface area contributed by atoms with Gasteiger partial charge in [-0.2, -0.15) is 0 Å². The molecule has 0 saturated carbocycles. The first-order valence-corrected chi connectivity index (χ1v) is 6.10. The normalized spacial score (nSPS) is 11.8. The number of nitrogens with one attached hydrogen (secondary N) is 1. The molecule has 1 amide bonds. The summed E-state index contributed by atoms with van der Waals surface area (Å²) >= 11 is 0. The van der Waals surface area contributed by atoms with Crippen molar-refractivity contribution in [1.29, 1.82) is 0 Å². The third-order valence-corrected chi connectivity index (χ3v) is 2.49. The highest BCUT2D eigenvalue weighted by Crippen LogP contribution is 2.27. The van der Waals surface area contributed by atoms with Crippen LogP contribution in [0.15, 0.2) is 18.2 Å². The third kappa shape index (κ3) is 4.85. The van der Waals surface area contributed by atoms with Gasteiger partial charge in [0.1, 0.15) is 0 Å². The number of nitro benzene ring substituents is 1. The summed E-state index contributed by atoms with van der Waals surface area (Å²) in [6.45, 7) is 3.68. The molecule has 1 atom stereocenters. The fraction of sp³-hybridized carbons (Fsp3) is 0.462. The van der Waals surface area contributed by atoms with Gasteiger partial charge in [-0.15, -0.1) is 0 Å². The Morgan fingerprint density at radius 3 is 2.80 bits per heavy atom. The van der Waals surface area contributed by atoms with Gasteiger partial charge in [-0.3, -0.25) is 14.9 Å². The number of nitrogens with zero attached hydrogens (tertiary/aromatic N) is 1. The monoisotopic (exact) mass is 282 g/mol. The molecule has 0 radical (unpaired) electrons. The summed E-state index contributed by atoms with van der Waals surface area (Å²) in [4.78, 5) is 21.9. The van der Waals surface area contributed by atoms with E-state index in [1.807, 2.05) is 0 Å². The zero-order valence-corrected chi connectivity index (χ0v) is 11.7. The Morgan fingerprint density at radius 1 is 1.50 bits per heavy atom. The van der Waals surface area contributed by atoms with Crippen molar-refractivity contribution >= 4 is 11.6 Å². The number of ether oxygens (including phenoxy) is 2. The van der Waals surface area contributed by atoms with Crippen LogP contribution in [-0.4, -0.2) is 37.2 Å². The molecule has 0 bridgehead atoms. The van der Waals surface area contributed by atoms with Gasteiger partial charge in [0.05, 0.1) is 11.5 Å². The van der Waals surface area contributed by atoms with Crippen LogP contribution in [0.5, 0.6) is 5.75 Å². The van der Waals surface area contributed by atoms with Gasteiger partial charge in [0.2, 0.25) is 0 Å². The lowest BCUT2D eigenvalue weighted by atomic mass is 10.2. The van der Waals surface area contributed by atoms with Crippen LogP contribution in [0, 0.1) is 17.0 Å². The largest absolute Gasteiger partial charge is 0.477 e. The minimum atomic E-state index is -0.541. The molecule has 1 unspecified atom stereocenters. The maximum absolute atomic E-state index is 11.6. The highest BCUT2D eigenvalue weighted by atomic mass is 16.6. The molecule has 1 aromatic rings. The van der Waals surface area contributed by atoms with Crippen LogP contribution in [-0.2, 0) is 9.53 Å². The van der Waals surface area contributed by atoms with E-state index in [1.165, 1.54) is 19.2 Å². The summed E-state index contributed by atoms with van der Waals surface area (Å²) in [5, 5.41) is 13.5. The molecule has 1 rings (SSSR count). The molecule has 1 aromatic carbocycles. The number of benzene rings is 1. The number of rotatable bonds is 7. The maximum atomic E-state index is 11.6. The zero-order chi connectivity index (χ0) is 15.1. The summed E-state index contributed by atoms with van der Waals surface area (Å²) in [5.74, 6) is -0.269. The number of hydrogen-bond acceptors (Lipinski definition) is 5. The van der Waals surface area contributed by atoms with Gasteiger partial charge in [0, 0.05) is 19.2 Å². The lowest BCUT2D eigenvalue weighted by Crippen LogP contribution is -2.38. The van der Waals surface area contributed by atoms with Crippen molar-refractivity contribution in [2.24, 2.45) is 0 Å². The Labute approximate surface area is 117 Å². The van der Waals surface area contributed by atoms with Gasteiger partial charge in [-0.05, 0) is 25.5 Å². The SMILES string of the molecule is COCC(C)NC(=O)COc1cc(C)ccc1[N+](=O)[O-]. The number of hydrogen-bond donors (Lipinski definition) is 1. The number of amides is 1. The van der Waals surface area contributed by atoms with Gasteiger partial charge < -0.3 is 14.8 Å². The Bertz CT molecular complexity index is 490. The summed E-state index contributed by atoms with van der Waals surface area (Å²) in [6.07, 6.45) is 0. The molecule has 20 heavy (non-hydrogen) atoms. The molecule has 0 saturated heterocycles. The van der Waals surface area contributed by atoms with Crippen LogP contribution in [0.4, 0.5) is 5.69 Å². The summed E-state index contributed by atoms with van der Waals surface area (Å²) in [5.41, 5.74) is 0.659. The first kappa shape index (κ1) is 15.9. The molecule has 7 heteroatoms. The van der Waals surface area contributed by atoms with Crippen LogP contribution in [0.2, 0.25) is 0 Å². The fourth-order valence-electron chi connectivity index (χ4n) is 1.64. The molecule has 0 aliphatic carbocycles. The first-order valence-electron chi connectivity index (χ1n) is 6.10. The molecule has 0 aromatic heterocycles. The standard InChI is InChI=1S/C13H18N2O5/c1-9-4-5-11(15(17)18)12(6-9)20-8-13(16)14-10(2)7-19-3/h4-6,10H,7-8H2,1-3H3,(H,14,16). The molecular weight excluding hydrogens is 264 g/mol. The Kier molecular flexibility index (Phi) is 5.92. The van der Waals surface area contributed by atoms with Crippen molar-refractivity contribution in [3.8, 4) is 5.75 Å². The van der Waals surface area contributed by atoms with Crippen LogP contribution < -0.4 is 10.1 Å². The van der Waals surface area contributed by atoms with E-state index < -0.39 is 4.92 Å². The lowest BCUT2D eigenvalue weighted by Gasteiger charge is -2.13. The zero-order valence-electron chi connectivity index (χ0n) is 11.7. The smallest absolute Gasteiger partial charge is 0.310 e. The molecule has 0 heterocycles. The van der Waals surface area contributed by atoms with Crippen LogP contribution in [0.25, 0.3) is 0 Å². The molecule has 1 N–H and O–H groups in total. The van der Waals surface area contributed by atoms with E-state index in [0.29, 0.717) is 6.61 Å². The first-order chi connectivity index (χ1) is 9.43. The van der Waals surface area contributed by atoms with Crippen molar-refractivity contribution in [3.05, 3.63) is 33.9 Å². The summed E-state index contributed by atoms with van der Waals surface area (Å²) < 4.78 is 10.1. The molecule has 0 spiro atoms. The van der Waals surface area contributed by atoms with E-state index in [9.17, 15) is 14.9 Å². The maximum Gasteiger partial charge on any atom is 0.310 e. The van der Waals surface area contributed by atoms with Gasteiger partial charge in [-0.25, -0.2) is 0 Å². The number of aryl methyl sites for hydroxylation is 1. The van der Waals surface area contributed by atoms with Crippen molar-refractivity contribution < 1.29 is 19.2 Å². The lowest BCUT2D eigenvalue weighted by molar-refractivity contribution is -0.385. The molecule has 7 nitrogen and oxygen atoms in total. The average Bonchev–Trinajstić information content (AvgIpc) is 2.36. The topological polar surface area (TPSA) is 90.7 Å². The van der Waals surface area contributed by atoms with Gasteiger partial charge in [0.25, 0.3) is 5.91 Å². The molecule has 110 valence electrons. The van der Waals surface area contributed by atoms with Crippen molar-refractivity contribution in [2.45, 2.75) is 19.9 Å². The average molecular weight is 282 g/mol. The van der Waals surface area contributed by atoms with Crippen LogP contribution in [0.3, 0.4) is 0 Å². The minimum Gasteiger partial charge on any atom is -0.477 e. The van der Waals surface area contributed by atoms with E-state index in [0.717, 1.165) is 5.56 Å². The molecule has 0 fully saturated rings. The van der Waals surface area contributed by atoms with Gasteiger partial charge in [0.15, 0.2) is 12.4 Å². The van der Waals surface area contributed by atoms with E-state index >= 15 is 0 Å². The van der Waals surface area contributed by atoms with E-state index in [2.05, 4.69) is 5.32 Å². The number of carbonyl (C=O) groups is 1. The summed E-state index contributed by atoms with van der Waals surface area (Å²) in [7, 11) is 1.54. The van der Waals surface area contributed by atoms with E-state index in [1.54, 1.807) is 19.9 Å². The fourth-order valence-corrected chi connectivity index (χ4v) is 1.64. The molecule has 0 aliphatic rings. The highest BCUT2D eigenvalue weighted by molar-refractivity contribution is 5.78. The number of methoxy groups -OCH3 is 1. The highest BCUT2D eigenvalue weighted by Gasteiger charge is 2.16. The van der Waals surface area contributed by atoms with E-state index in [4.69, 9.17) is 9.47 Å². The predicted molar refractivity (Wildman–Crippen MR) is 72.8 cm³/mol. The molecule has 0 aliphatic heterocycles. The Hall–Kier alpha value is -2.15. The summed E-state index contributed by atoms with van der Waals surface area (Å²) in [6, 6.07) is 4.36. The Morgan fingerprint density at radius 2 is 2.20 bits per heavy atom. The quantitative estimate of drug-likeness (QED) is 0.603. The van der Waals surface area contributed by atoms with Gasteiger partial charge >= 0.3 is 5.69 Å². The molecular formula is C13H18N2O5. The number of carbonyl (C=O) groups excluding carboxylic acids is 1.